The summed E-state index contributed by atoms with van der Waals surface area (Å²) in [6.45, 7) is 3.33. The highest BCUT2D eigenvalue weighted by atomic mass is 32.1. The quantitative estimate of drug-likeness (QED) is 0.672. The number of carbonyl (C=O) groups excluding carboxylic acids is 1. The molecule has 8 heteroatoms. The van der Waals surface area contributed by atoms with Crippen LogP contribution >= 0.6 is 11.3 Å². The molecule has 0 saturated carbocycles. The zero-order chi connectivity index (χ0) is 15.2. The van der Waals surface area contributed by atoms with Crippen LogP contribution < -0.4 is 16.4 Å². The number of nitrogens with two attached hydrogens (primary N) is 1. The van der Waals surface area contributed by atoms with E-state index >= 15 is 0 Å². The third kappa shape index (κ3) is 4.20. The monoisotopic (exact) mass is 310 g/mol. The van der Waals surface area contributed by atoms with Crippen LogP contribution in [0.4, 0.5) is 10.9 Å². The molecule has 114 valence electrons. The molecule has 1 amide bonds. The molecule has 2 aromatic heterocycles. The van der Waals surface area contributed by atoms with Crippen molar-refractivity contribution in [3.05, 3.63) is 28.5 Å². The van der Waals surface area contributed by atoms with Gasteiger partial charge in [0.25, 0.3) is 5.91 Å². The van der Waals surface area contributed by atoms with Gasteiger partial charge in [0, 0.05) is 13.7 Å². The lowest BCUT2D eigenvalue weighted by Gasteiger charge is -2.01. The number of thiazole rings is 1. The van der Waals surface area contributed by atoms with Gasteiger partial charge in [-0.1, -0.05) is 11.3 Å². The lowest BCUT2D eigenvalue weighted by Crippen LogP contribution is -2.22. The van der Waals surface area contributed by atoms with Crippen molar-refractivity contribution in [1.29, 1.82) is 0 Å². The van der Waals surface area contributed by atoms with Crippen LogP contribution in [-0.2, 0) is 11.3 Å². The first-order valence-corrected chi connectivity index (χ1v) is 7.24. The molecule has 0 atom stereocenters. The van der Waals surface area contributed by atoms with Gasteiger partial charge >= 0.3 is 0 Å². The lowest BCUT2D eigenvalue weighted by atomic mass is 10.4. The van der Waals surface area contributed by atoms with Crippen molar-refractivity contribution in [1.82, 2.24) is 10.3 Å². The highest BCUT2D eigenvalue weighted by Crippen LogP contribution is 2.24. The normalized spacial score (nSPS) is 10.6. The third-order valence-electron chi connectivity index (χ3n) is 2.66. The summed E-state index contributed by atoms with van der Waals surface area (Å²) >= 11 is 1.21. The first kappa shape index (κ1) is 15.3. The van der Waals surface area contributed by atoms with Crippen molar-refractivity contribution in [3.8, 4) is 0 Å². The van der Waals surface area contributed by atoms with Crippen molar-refractivity contribution in [3.63, 3.8) is 0 Å². The van der Waals surface area contributed by atoms with Crippen LogP contribution in [0.25, 0.3) is 0 Å². The molecule has 7 nitrogen and oxygen atoms in total. The van der Waals surface area contributed by atoms with E-state index < -0.39 is 0 Å². The predicted octanol–water partition coefficient (Wildman–Crippen LogP) is 1.62. The Kier molecular flexibility index (Phi) is 5.18. The Morgan fingerprint density at radius 2 is 2.33 bits per heavy atom. The number of furan rings is 1. The van der Waals surface area contributed by atoms with Crippen LogP contribution in [0, 0.1) is 6.92 Å². The Balaban J connectivity index is 1.92. The fourth-order valence-corrected chi connectivity index (χ4v) is 2.48. The van der Waals surface area contributed by atoms with Crippen molar-refractivity contribution in [2.45, 2.75) is 13.5 Å². The fraction of sp³-hybridized carbons (Fsp3) is 0.385. The topological polar surface area (TPSA) is 102 Å². The van der Waals surface area contributed by atoms with Crippen LogP contribution in [0.5, 0.6) is 0 Å². The molecule has 0 bridgehead atoms. The van der Waals surface area contributed by atoms with E-state index in [-0.39, 0.29) is 11.7 Å². The molecule has 4 N–H and O–H groups in total. The maximum atomic E-state index is 12.1. The number of carbonyl (C=O) groups is 1. The average Bonchev–Trinajstić information content (AvgIpc) is 3.03. The second-order valence-corrected chi connectivity index (χ2v) is 5.35. The Bertz CT molecular complexity index is 608. The average molecular weight is 310 g/mol. The van der Waals surface area contributed by atoms with Gasteiger partial charge < -0.3 is 25.5 Å². The van der Waals surface area contributed by atoms with Gasteiger partial charge in [0.15, 0.2) is 5.13 Å². The molecule has 2 heterocycles. The fourth-order valence-electron chi connectivity index (χ4n) is 1.66. The summed E-state index contributed by atoms with van der Waals surface area (Å²) in [6.07, 6.45) is 0. The van der Waals surface area contributed by atoms with Crippen LogP contribution in [0.1, 0.15) is 21.2 Å². The first-order chi connectivity index (χ1) is 10.1. The van der Waals surface area contributed by atoms with Crippen molar-refractivity contribution in [2.24, 2.45) is 0 Å². The summed E-state index contributed by atoms with van der Waals surface area (Å²) in [5.74, 6) is 1.45. The predicted molar refractivity (Wildman–Crippen MR) is 81.5 cm³/mol. The van der Waals surface area contributed by atoms with Gasteiger partial charge in [-0.05, 0) is 19.1 Å². The maximum absolute atomic E-state index is 12.1. The van der Waals surface area contributed by atoms with Gasteiger partial charge in [0.2, 0.25) is 0 Å². The Morgan fingerprint density at radius 1 is 1.52 bits per heavy atom. The highest BCUT2D eigenvalue weighted by Gasteiger charge is 2.16. The Morgan fingerprint density at radius 3 is 3.00 bits per heavy atom. The van der Waals surface area contributed by atoms with Crippen LogP contribution in [-0.4, -0.2) is 31.2 Å². The molecule has 2 rings (SSSR count). The Labute approximate surface area is 126 Å². The number of nitrogens with one attached hydrogen (secondary N) is 2. The smallest absolute Gasteiger partial charge is 0.265 e. The van der Waals surface area contributed by atoms with E-state index in [9.17, 15) is 4.79 Å². The van der Waals surface area contributed by atoms with E-state index in [1.807, 2.05) is 19.1 Å². The second kappa shape index (κ2) is 7.09. The number of nitrogen functional groups attached to an aromatic ring is 1. The van der Waals surface area contributed by atoms with Crippen LogP contribution in [0.3, 0.4) is 0 Å². The van der Waals surface area contributed by atoms with Crippen LogP contribution in [0.2, 0.25) is 0 Å². The Hall–Kier alpha value is -2.06. The number of rotatable bonds is 7. The maximum Gasteiger partial charge on any atom is 0.265 e. The number of methoxy groups -OCH3 is 1. The molecular weight excluding hydrogens is 292 g/mol. The standard InChI is InChI=1S/C13H18N4O3S/c1-8-3-4-9(20-8)7-16-12(18)10-11(14)17-13(21-10)15-5-6-19-2/h3-4H,5-7,14H2,1-2H3,(H,15,17)(H,16,18). The number of ether oxygens (including phenoxy) is 1. The second-order valence-electron chi connectivity index (χ2n) is 4.35. The minimum absolute atomic E-state index is 0.216. The van der Waals surface area contributed by atoms with E-state index in [4.69, 9.17) is 14.9 Å². The largest absolute Gasteiger partial charge is 0.465 e. The van der Waals surface area contributed by atoms with E-state index in [0.717, 1.165) is 5.76 Å². The number of nitrogens with zero attached hydrogens (tertiary/aromatic N) is 1. The molecule has 0 aliphatic heterocycles. The van der Waals surface area contributed by atoms with Crippen molar-refractivity contribution >= 4 is 28.2 Å². The van der Waals surface area contributed by atoms with Crippen molar-refractivity contribution < 1.29 is 13.9 Å². The molecule has 0 aromatic carbocycles. The zero-order valence-electron chi connectivity index (χ0n) is 11.9. The van der Waals surface area contributed by atoms with Gasteiger partial charge in [-0.25, -0.2) is 4.98 Å². The van der Waals surface area contributed by atoms with E-state index in [2.05, 4.69) is 15.6 Å². The number of aromatic nitrogens is 1. The molecule has 2 aromatic rings. The third-order valence-corrected chi connectivity index (χ3v) is 3.69. The van der Waals surface area contributed by atoms with Gasteiger partial charge in [0.1, 0.15) is 22.2 Å². The molecular formula is C13H18N4O3S. The molecule has 21 heavy (non-hydrogen) atoms. The van der Waals surface area contributed by atoms with E-state index in [1.54, 1.807) is 7.11 Å². The number of amides is 1. The lowest BCUT2D eigenvalue weighted by molar-refractivity contribution is 0.0952. The zero-order valence-corrected chi connectivity index (χ0v) is 12.8. The summed E-state index contributed by atoms with van der Waals surface area (Å²) in [5.41, 5.74) is 5.76. The summed E-state index contributed by atoms with van der Waals surface area (Å²) in [5, 5.41) is 6.40. The SMILES string of the molecule is COCCNc1nc(N)c(C(=O)NCc2ccc(C)o2)s1. The van der Waals surface area contributed by atoms with E-state index in [0.29, 0.717) is 35.5 Å². The van der Waals surface area contributed by atoms with Gasteiger partial charge in [-0.2, -0.15) is 0 Å². The number of anilines is 2. The minimum atomic E-state index is -0.265. The molecule has 0 radical (unpaired) electrons. The highest BCUT2D eigenvalue weighted by molar-refractivity contribution is 7.18. The minimum Gasteiger partial charge on any atom is -0.465 e. The van der Waals surface area contributed by atoms with E-state index in [1.165, 1.54) is 11.3 Å². The first-order valence-electron chi connectivity index (χ1n) is 6.42. The number of aryl methyl sites for hydroxylation is 1. The summed E-state index contributed by atoms with van der Waals surface area (Å²) in [6, 6.07) is 3.67. The molecule has 0 spiro atoms. The molecule has 0 unspecified atom stereocenters. The number of hydrogen-bond donors (Lipinski definition) is 3. The van der Waals surface area contributed by atoms with Gasteiger partial charge in [0.05, 0.1) is 13.2 Å². The van der Waals surface area contributed by atoms with Crippen molar-refractivity contribution in [2.75, 3.05) is 31.3 Å². The number of hydrogen-bond acceptors (Lipinski definition) is 7. The van der Waals surface area contributed by atoms with Crippen LogP contribution in [0.15, 0.2) is 16.5 Å². The summed E-state index contributed by atoms with van der Waals surface area (Å²) in [4.78, 5) is 16.6. The molecule has 0 aliphatic carbocycles. The molecule has 0 saturated heterocycles. The summed E-state index contributed by atoms with van der Waals surface area (Å²) in [7, 11) is 1.62. The van der Waals surface area contributed by atoms with Gasteiger partial charge in [-0.3, -0.25) is 4.79 Å². The summed E-state index contributed by atoms with van der Waals surface area (Å²) < 4.78 is 10.3. The molecule has 0 aliphatic rings. The molecule has 0 fully saturated rings. The van der Waals surface area contributed by atoms with Gasteiger partial charge in [-0.15, -0.1) is 0 Å².